The molecule has 0 heterocycles. The Kier molecular flexibility index (Phi) is 5.15. The number of benzene rings is 1. The van der Waals surface area contributed by atoms with E-state index in [1.165, 1.54) is 11.9 Å². The molecule has 6 heteroatoms. The van der Waals surface area contributed by atoms with Crippen LogP contribution in [0.2, 0.25) is 0 Å². The zero-order valence-corrected chi connectivity index (χ0v) is 10.3. The van der Waals surface area contributed by atoms with Crippen LogP contribution in [0, 0.1) is 17.5 Å². The summed E-state index contributed by atoms with van der Waals surface area (Å²) in [4.78, 5) is 13.1. The molecule has 0 unspecified atom stereocenters. The fourth-order valence-corrected chi connectivity index (χ4v) is 1.49. The minimum Gasteiger partial charge on any atom is -0.342 e. The first kappa shape index (κ1) is 14.5. The summed E-state index contributed by atoms with van der Waals surface area (Å²) in [6.45, 7) is 1.11. The van der Waals surface area contributed by atoms with Crippen LogP contribution in [0.4, 0.5) is 13.2 Å². The lowest BCUT2D eigenvalue weighted by atomic mass is 10.1. The number of hydrogen-bond donors (Lipinski definition) is 1. The summed E-state index contributed by atoms with van der Waals surface area (Å²) >= 11 is 0. The Bertz CT molecular complexity index is 438. The average molecular weight is 260 g/mol. The van der Waals surface area contributed by atoms with Gasteiger partial charge in [0.1, 0.15) is 0 Å². The summed E-state index contributed by atoms with van der Waals surface area (Å²) < 4.78 is 39.1. The van der Waals surface area contributed by atoms with Crippen molar-refractivity contribution in [3.63, 3.8) is 0 Å². The van der Waals surface area contributed by atoms with Gasteiger partial charge < -0.3 is 10.2 Å². The number of halogens is 3. The SMILES string of the molecule is CNCCCN(C)C(=O)c1ccc(F)c(F)c1F. The topological polar surface area (TPSA) is 32.3 Å². The molecule has 1 aromatic rings. The monoisotopic (exact) mass is 260 g/mol. The van der Waals surface area contributed by atoms with Gasteiger partial charge >= 0.3 is 0 Å². The first-order valence-electron chi connectivity index (χ1n) is 5.52. The van der Waals surface area contributed by atoms with Gasteiger partial charge in [-0.25, -0.2) is 13.2 Å². The van der Waals surface area contributed by atoms with Crippen molar-refractivity contribution >= 4 is 5.91 Å². The van der Waals surface area contributed by atoms with Crippen LogP contribution >= 0.6 is 0 Å². The van der Waals surface area contributed by atoms with E-state index in [0.717, 1.165) is 12.1 Å². The Hall–Kier alpha value is -1.56. The molecule has 0 saturated heterocycles. The maximum Gasteiger partial charge on any atom is 0.256 e. The quantitative estimate of drug-likeness (QED) is 0.646. The third kappa shape index (κ3) is 3.22. The smallest absolute Gasteiger partial charge is 0.256 e. The minimum absolute atomic E-state index is 0.401. The molecule has 0 aliphatic rings. The number of carbonyl (C=O) groups is 1. The van der Waals surface area contributed by atoms with E-state index in [4.69, 9.17) is 0 Å². The molecule has 0 aliphatic heterocycles. The lowest BCUT2D eigenvalue weighted by Gasteiger charge is -2.17. The molecule has 1 aromatic carbocycles. The number of amides is 1. The Morgan fingerprint density at radius 1 is 1.28 bits per heavy atom. The zero-order valence-electron chi connectivity index (χ0n) is 10.3. The Morgan fingerprint density at radius 2 is 1.94 bits per heavy atom. The van der Waals surface area contributed by atoms with Crippen molar-refractivity contribution in [1.29, 1.82) is 0 Å². The summed E-state index contributed by atoms with van der Waals surface area (Å²) in [5.74, 6) is -5.03. The van der Waals surface area contributed by atoms with Gasteiger partial charge in [-0.3, -0.25) is 4.79 Å². The number of rotatable bonds is 5. The maximum atomic E-state index is 13.4. The van der Waals surface area contributed by atoms with Crippen LogP contribution in [0.3, 0.4) is 0 Å². The number of carbonyl (C=O) groups excluding carboxylic acids is 1. The third-order valence-electron chi connectivity index (χ3n) is 2.53. The normalized spacial score (nSPS) is 10.5. The second-order valence-corrected chi connectivity index (χ2v) is 3.91. The molecule has 0 fully saturated rings. The molecule has 18 heavy (non-hydrogen) atoms. The second-order valence-electron chi connectivity index (χ2n) is 3.91. The van der Waals surface area contributed by atoms with E-state index in [1.54, 1.807) is 7.05 Å². The van der Waals surface area contributed by atoms with Crippen molar-refractivity contribution < 1.29 is 18.0 Å². The van der Waals surface area contributed by atoms with E-state index < -0.39 is 28.9 Å². The van der Waals surface area contributed by atoms with E-state index in [-0.39, 0.29) is 0 Å². The largest absolute Gasteiger partial charge is 0.342 e. The lowest BCUT2D eigenvalue weighted by Crippen LogP contribution is -2.30. The van der Waals surface area contributed by atoms with Crippen LogP contribution in [0.1, 0.15) is 16.8 Å². The first-order chi connectivity index (χ1) is 8.49. The van der Waals surface area contributed by atoms with Gasteiger partial charge in [-0.05, 0) is 32.1 Å². The fourth-order valence-electron chi connectivity index (χ4n) is 1.49. The first-order valence-corrected chi connectivity index (χ1v) is 5.52. The molecule has 0 spiro atoms. The molecule has 0 radical (unpaired) electrons. The molecule has 0 bridgehead atoms. The van der Waals surface area contributed by atoms with E-state index in [2.05, 4.69) is 5.32 Å². The number of nitrogens with one attached hydrogen (secondary N) is 1. The number of hydrogen-bond acceptors (Lipinski definition) is 2. The Balaban J connectivity index is 2.81. The average Bonchev–Trinajstić information content (AvgIpc) is 2.35. The maximum absolute atomic E-state index is 13.4. The number of nitrogens with zero attached hydrogens (tertiary/aromatic N) is 1. The van der Waals surface area contributed by atoms with Crippen LogP contribution in [-0.4, -0.2) is 38.0 Å². The standard InChI is InChI=1S/C12H15F3N2O/c1-16-6-3-7-17(2)12(18)8-4-5-9(13)11(15)10(8)14/h4-5,16H,3,6-7H2,1-2H3. The summed E-state index contributed by atoms with van der Waals surface area (Å²) in [6.07, 6.45) is 0.685. The predicted molar refractivity (Wildman–Crippen MR) is 61.8 cm³/mol. The summed E-state index contributed by atoms with van der Waals surface area (Å²) in [5, 5.41) is 2.91. The van der Waals surface area contributed by atoms with Crippen LogP contribution < -0.4 is 5.32 Å². The Labute approximate surface area is 104 Å². The van der Waals surface area contributed by atoms with E-state index in [1.807, 2.05) is 0 Å². The predicted octanol–water partition coefficient (Wildman–Crippen LogP) is 1.79. The fraction of sp³-hybridized carbons (Fsp3) is 0.417. The lowest BCUT2D eigenvalue weighted by molar-refractivity contribution is 0.0787. The van der Waals surface area contributed by atoms with E-state index >= 15 is 0 Å². The molecular formula is C12H15F3N2O. The molecule has 0 aliphatic carbocycles. The minimum atomic E-state index is -1.62. The van der Waals surface area contributed by atoms with Crippen molar-refractivity contribution in [1.82, 2.24) is 10.2 Å². The molecule has 100 valence electrons. The van der Waals surface area contributed by atoms with Crippen molar-refractivity contribution in [3.05, 3.63) is 35.1 Å². The van der Waals surface area contributed by atoms with Crippen LogP contribution in [0.25, 0.3) is 0 Å². The van der Waals surface area contributed by atoms with Crippen molar-refractivity contribution in [2.45, 2.75) is 6.42 Å². The molecule has 1 rings (SSSR count). The van der Waals surface area contributed by atoms with Gasteiger partial charge in [-0.1, -0.05) is 0 Å². The molecule has 0 saturated carbocycles. The highest BCUT2D eigenvalue weighted by Crippen LogP contribution is 2.16. The van der Waals surface area contributed by atoms with Crippen LogP contribution in [-0.2, 0) is 0 Å². The summed E-state index contributed by atoms with van der Waals surface area (Å²) in [6, 6.07) is 1.69. The molecule has 0 atom stereocenters. The molecule has 0 aromatic heterocycles. The van der Waals surface area contributed by atoms with Gasteiger partial charge in [0.15, 0.2) is 17.5 Å². The van der Waals surface area contributed by atoms with Crippen molar-refractivity contribution in [2.75, 3.05) is 27.2 Å². The van der Waals surface area contributed by atoms with Gasteiger partial charge in [0.2, 0.25) is 0 Å². The highest BCUT2D eigenvalue weighted by Gasteiger charge is 2.20. The van der Waals surface area contributed by atoms with E-state index in [0.29, 0.717) is 19.5 Å². The van der Waals surface area contributed by atoms with Crippen LogP contribution in [0.5, 0.6) is 0 Å². The van der Waals surface area contributed by atoms with Gasteiger partial charge in [0.05, 0.1) is 5.56 Å². The Morgan fingerprint density at radius 3 is 2.56 bits per heavy atom. The summed E-state index contributed by atoms with van der Waals surface area (Å²) in [5.41, 5.74) is -0.458. The van der Waals surface area contributed by atoms with Crippen LogP contribution in [0.15, 0.2) is 12.1 Å². The van der Waals surface area contributed by atoms with Gasteiger partial charge in [0.25, 0.3) is 5.91 Å². The van der Waals surface area contributed by atoms with Gasteiger partial charge in [-0.2, -0.15) is 0 Å². The van der Waals surface area contributed by atoms with E-state index in [9.17, 15) is 18.0 Å². The summed E-state index contributed by atoms with van der Waals surface area (Å²) in [7, 11) is 3.26. The van der Waals surface area contributed by atoms with Crippen molar-refractivity contribution in [2.24, 2.45) is 0 Å². The molecule has 3 nitrogen and oxygen atoms in total. The highest BCUT2D eigenvalue weighted by molar-refractivity contribution is 5.94. The molecule has 1 amide bonds. The van der Waals surface area contributed by atoms with Gasteiger partial charge in [0, 0.05) is 13.6 Å². The second kappa shape index (κ2) is 6.39. The third-order valence-corrected chi connectivity index (χ3v) is 2.53. The molecule has 1 N–H and O–H groups in total. The van der Waals surface area contributed by atoms with Gasteiger partial charge in [-0.15, -0.1) is 0 Å². The van der Waals surface area contributed by atoms with Crippen molar-refractivity contribution in [3.8, 4) is 0 Å². The zero-order chi connectivity index (χ0) is 13.7. The molecular weight excluding hydrogens is 245 g/mol. The highest BCUT2D eigenvalue weighted by atomic mass is 19.2.